The average molecular weight is 353 g/mol. The Kier molecular flexibility index (Phi) is 5.86. The molecule has 0 unspecified atom stereocenters. The lowest BCUT2D eigenvalue weighted by atomic mass is 9.84. The van der Waals surface area contributed by atoms with E-state index in [1.54, 1.807) is 0 Å². The molecule has 1 aliphatic rings. The lowest BCUT2D eigenvalue weighted by Gasteiger charge is -2.22. The minimum atomic E-state index is -0.0863. The van der Waals surface area contributed by atoms with E-state index >= 15 is 0 Å². The summed E-state index contributed by atoms with van der Waals surface area (Å²) >= 11 is 3.52. The largest absolute Gasteiger partial charge is 0.466 e. The number of halogens is 1. The number of rotatable bonds is 6. The van der Waals surface area contributed by atoms with E-state index in [1.165, 1.54) is 18.4 Å². The van der Waals surface area contributed by atoms with Gasteiger partial charge < -0.3 is 4.74 Å². The third-order valence-electron chi connectivity index (χ3n) is 4.42. The van der Waals surface area contributed by atoms with Crippen molar-refractivity contribution in [2.24, 2.45) is 11.8 Å². The van der Waals surface area contributed by atoms with Crippen LogP contribution in [0.15, 0.2) is 22.7 Å². The van der Waals surface area contributed by atoms with Crippen LogP contribution in [0.3, 0.4) is 0 Å². The van der Waals surface area contributed by atoms with Crippen molar-refractivity contribution in [3.63, 3.8) is 0 Å². The van der Waals surface area contributed by atoms with Gasteiger partial charge in [-0.15, -0.1) is 0 Å². The Hall–Kier alpha value is -0.830. The Labute approximate surface area is 136 Å². The van der Waals surface area contributed by atoms with Crippen molar-refractivity contribution in [1.29, 1.82) is 0 Å². The molecule has 0 fully saturated rings. The molecule has 1 aromatic carbocycles. The second-order valence-corrected chi connectivity index (χ2v) is 7.08. The highest BCUT2D eigenvalue weighted by Gasteiger charge is 2.38. The number of benzene rings is 1. The van der Waals surface area contributed by atoms with E-state index < -0.39 is 0 Å². The maximum absolute atomic E-state index is 12.4. The van der Waals surface area contributed by atoms with Crippen molar-refractivity contribution in [1.82, 2.24) is 0 Å². The second-order valence-electron chi connectivity index (χ2n) is 6.17. The highest BCUT2D eigenvalue weighted by atomic mass is 79.9. The molecule has 3 atom stereocenters. The first-order valence-corrected chi connectivity index (χ1v) is 8.81. The molecule has 0 spiro atoms. The van der Waals surface area contributed by atoms with Gasteiger partial charge in [-0.2, -0.15) is 0 Å². The van der Waals surface area contributed by atoms with Crippen molar-refractivity contribution in [2.75, 3.05) is 6.61 Å². The van der Waals surface area contributed by atoms with Crippen LogP contribution >= 0.6 is 15.9 Å². The van der Waals surface area contributed by atoms with Gasteiger partial charge in [-0.1, -0.05) is 48.7 Å². The fraction of sp³-hybridized carbons (Fsp3) is 0.611. The molecule has 0 bridgehead atoms. The van der Waals surface area contributed by atoms with Crippen LogP contribution < -0.4 is 0 Å². The smallest absolute Gasteiger partial charge is 0.313 e. The number of hydrogen-bond donors (Lipinski definition) is 0. The second kappa shape index (κ2) is 7.44. The number of fused-ring (bicyclic) bond motifs is 1. The highest BCUT2D eigenvalue weighted by molar-refractivity contribution is 9.10. The molecule has 0 saturated heterocycles. The molecular weight excluding hydrogens is 328 g/mol. The maximum Gasteiger partial charge on any atom is 0.313 e. The topological polar surface area (TPSA) is 26.3 Å². The van der Waals surface area contributed by atoms with Gasteiger partial charge in [0.05, 0.1) is 12.5 Å². The van der Waals surface area contributed by atoms with E-state index in [1.807, 2.05) is 6.92 Å². The van der Waals surface area contributed by atoms with Crippen molar-refractivity contribution in [3.8, 4) is 0 Å². The van der Waals surface area contributed by atoms with E-state index in [4.69, 9.17) is 4.74 Å². The standard InChI is InChI=1S/C18H25BrO2/c1-4-6-12(3)9-14-10-13-7-8-15(19)11-16(13)17(14)18(20)21-5-2/h7-8,11-12,14,17H,4-6,9-10H2,1-3H3/t12-,14+,17+/m1/s1. The van der Waals surface area contributed by atoms with E-state index in [0.29, 0.717) is 18.4 Å². The van der Waals surface area contributed by atoms with E-state index in [0.717, 1.165) is 22.9 Å². The molecule has 0 radical (unpaired) electrons. The highest BCUT2D eigenvalue weighted by Crippen LogP contribution is 2.43. The summed E-state index contributed by atoms with van der Waals surface area (Å²) in [4.78, 5) is 12.4. The van der Waals surface area contributed by atoms with Crippen LogP contribution in [0.4, 0.5) is 0 Å². The van der Waals surface area contributed by atoms with Crippen LogP contribution in [0.25, 0.3) is 0 Å². The van der Waals surface area contributed by atoms with Gasteiger partial charge in [0.2, 0.25) is 0 Å². The van der Waals surface area contributed by atoms with Gasteiger partial charge in [0.15, 0.2) is 0 Å². The quantitative estimate of drug-likeness (QED) is 0.666. The Morgan fingerprint density at radius 3 is 2.86 bits per heavy atom. The number of esters is 1. The number of ether oxygens (including phenoxy) is 1. The average Bonchev–Trinajstić information content (AvgIpc) is 2.76. The van der Waals surface area contributed by atoms with Crippen molar-refractivity contribution in [3.05, 3.63) is 33.8 Å². The van der Waals surface area contributed by atoms with E-state index in [-0.39, 0.29) is 11.9 Å². The molecule has 116 valence electrons. The van der Waals surface area contributed by atoms with Crippen LogP contribution in [0.5, 0.6) is 0 Å². The minimum Gasteiger partial charge on any atom is -0.466 e. The first-order valence-electron chi connectivity index (χ1n) is 8.01. The van der Waals surface area contributed by atoms with Gasteiger partial charge in [-0.25, -0.2) is 0 Å². The maximum atomic E-state index is 12.4. The normalized spacial score (nSPS) is 21.9. The molecule has 0 saturated carbocycles. The summed E-state index contributed by atoms with van der Waals surface area (Å²) in [6.07, 6.45) is 4.53. The third kappa shape index (κ3) is 3.88. The van der Waals surface area contributed by atoms with Crippen molar-refractivity contribution >= 4 is 21.9 Å². The van der Waals surface area contributed by atoms with Crippen LogP contribution in [-0.4, -0.2) is 12.6 Å². The molecule has 2 rings (SSSR count). The Morgan fingerprint density at radius 2 is 2.19 bits per heavy atom. The van der Waals surface area contributed by atoms with Gasteiger partial charge in [-0.05, 0) is 54.9 Å². The zero-order chi connectivity index (χ0) is 15.4. The zero-order valence-corrected chi connectivity index (χ0v) is 14.8. The van der Waals surface area contributed by atoms with Gasteiger partial charge in [0, 0.05) is 4.47 Å². The minimum absolute atomic E-state index is 0.0527. The summed E-state index contributed by atoms with van der Waals surface area (Å²) in [5.41, 5.74) is 2.47. The molecule has 0 aliphatic heterocycles. The third-order valence-corrected chi connectivity index (χ3v) is 4.92. The Bertz CT molecular complexity index is 498. The van der Waals surface area contributed by atoms with Crippen LogP contribution in [-0.2, 0) is 16.0 Å². The fourth-order valence-electron chi connectivity index (χ4n) is 3.59. The summed E-state index contributed by atoms with van der Waals surface area (Å²) in [7, 11) is 0. The summed E-state index contributed by atoms with van der Waals surface area (Å²) in [6, 6.07) is 6.32. The SMILES string of the molecule is CCC[C@@H](C)C[C@H]1Cc2ccc(Br)cc2[C@H]1C(=O)OCC. The fourth-order valence-corrected chi connectivity index (χ4v) is 3.97. The number of hydrogen-bond acceptors (Lipinski definition) is 2. The molecular formula is C18H25BrO2. The summed E-state index contributed by atoms with van der Waals surface area (Å²) in [5.74, 6) is 0.907. The van der Waals surface area contributed by atoms with Gasteiger partial charge >= 0.3 is 5.97 Å². The van der Waals surface area contributed by atoms with Crippen LogP contribution in [0.1, 0.15) is 57.1 Å². The Balaban J connectivity index is 2.23. The lowest BCUT2D eigenvalue weighted by Crippen LogP contribution is -2.22. The monoisotopic (exact) mass is 352 g/mol. The van der Waals surface area contributed by atoms with Crippen molar-refractivity contribution < 1.29 is 9.53 Å². The summed E-state index contributed by atoms with van der Waals surface area (Å²) < 4.78 is 6.38. The molecule has 0 amide bonds. The number of carbonyl (C=O) groups excluding carboxylic acids is 1. The zero-order valence-electron chi connectivity index (χ0n) is 13.2. The van der Waals surface area contributed by atoms with Gasteiger partial charge in [0.1, 0.15) is 0 Å². The molecule has 1 aliphatic carbocycles. The molecule has 21 heavy (non-hydrogen) atoms. The first kappa shape index (κ1) is 16.5. The molecule has 3 heteroatoms. The summed E-state index contributed by atoms with van der Waals surface area (Å²) in [5, 5.41) is 0. The predicted molar refractivity (Wildman–Crippen MR) is 89.4 cm³/mol. The van der Waals surface area contributed by atoms with Crippen LogP contribution in [0, 0.1) is 11.8 Å². The molecule has 0 N–H and O–H groups in total. The van der Waals surface area contributed by atoms with Gasteiger partial charge in [0.25, 0.3) is 0 Å². The van der Waals surface area contributed by atoms with Crippen molar-refractivity contribution in [2.45, 2.75) is 52.4 Å². The molecule has 0 heterocycles. The lowest BCUT2D eigenvalue weighted by molar-refractivity contribution is -0.146. The molecule has 1 aromatic rings. The van der Waals surface area contributed by atoms with Crippen LogP contribution in [0.2, 0.25) is 0 Å². The molecule has 2 nitrogen and oxygen atoms in total. The van der Waals surface area contributed by atoms with Gasteiger partial charge in [-0.3, -0.25) is 4.79 Å². The first-order chi connectivity index (χ1) is 10.1. The summed E-state index contributed by atoms with van der Waals surface area (Å²) in [6.45, 7) is 6.85. The van der Waals surface area contributed by atoms with E-state index in [9.17, 15) is 4.79 Å². The predicted octanol–water partition coefficient (Wildman–Crippen LogP) is 5.09. The Morgan fingerprint density at radius 1 is 1.43 bits per heavy atom. The molecule has 0 aromatic heterocycles. The number of carbonyl (C=O) groups is 1. The van der Waals surface area contributed by atoms with E-state index in [2.05, 4.69) is 48.0 Å².